The van der Waals surface area contributed by atoms with Gasteiger partial charge in [-0.3, -0.25) is 4.79 Å². The summed E-state index contributed by atoms with van der Waals surface area (Å²) in [6.07, 6.45) is -2.95. The van der Waals surface area contributed by atoms with Gasteiger partial charge < -0.3 is 5.11 Å². The summed E-state index contributed by atoms with van der Waals surface area (Å²) in [5.41, 5.74) is -0.00568. The zero-order valence-corrected chi connectivity index (χ0v) is 11.5. The number of carbonyl (C=O) groups is 1. The summed E-state index contributed by atoms with van der Waals surface area (Å²) >= 11 is 3.58. The maximum absolute atomic E-state index is 12.5. The summed E-state index contributed by atoms with van der Waals surface area (Å²) in [7, 11) is 0. The lowest BCUT2D eigenvalue weighted by molar-refractivity contribution is -0.136. The molecule has 0 amide bonds. The van der Waals surface area contributed by atoms with Crippen molar-refractivity contribution in [1.29, 1.82) is 0 Å². The van der Waals surface area contributed by atoms with E-state index in [0.717, 1.165) is 6.07 Å². The van der Waals surface area contributed by atoms with Gasteiger partial charge in [0.1, 0.15) is 3.70 Å². The van der Waals surface area contributed by atoms with E-state index in [9.17, 15) is 13.6 Å². The largest absolute Gasteiger partial charge is 0.481 e. The molecule has 0 spiro atoms. The van der Waals surface area contributed by atoms with Crippen LogP contribution in [0.25, 0.3) is 0 Å². The molecule has 1 N–H and O–H groups in total. The van der Waals surface area contributed by atoms with Crippen LogP contribution in [-0.2, 0) is 11.2 Å². The fraction of sp³-hybridized carbons (Fsp3) is 0.250. The van der Waals surface area contributed by atoms with Crippen molar-refractivity contribution in [1.82, 2.24) is 4.98 Å². The van der Waals surface area contributed by atoms with Crippen LogP contribution in [0.5, 0.6) is 0 Å². The molecule has 3 nitrogen and oxygen atoms in total. The summed E-state index contributed by atoms with van der Waals surface area (Å²) in [6.45, 7) is 0. The van der Waals surface area contributed by atoms with Gasteiger partial charge in [0.2, 0.25) is 0 Å². The van der Waals surface area contributed by atoms with Crippen molar-refractivity contribution in [2.45, 2.75) is 12.8 Å². The number of pyridine rings is 1. The lowest BCUT2D eigenvalue weighted by atomic mass is 10.2. The van der Waals surface area contributed by atoms with Gasteiger partial charge in [-0.25, -0.2) is 13.8 Å². The molecule has 0 unspecified atom stereocenters. The number of rotatable bonds is 3. The normalized spacial score (nSPS) is 10.7. The fourth-order valence-corrected chi connectivity index (χ4v) is 2.11. The fourth-order valence-electron chi connectivity index (χ4n) is 0.974. The van der Waals surface area contributed by atoms with Crippen LogP contribution in [0.4, 0.5) is 8.78 Å². The first kappa shape index (κ1) is 13.0. The van der Waals surface area contributed by atoms with Crippen molar-refractivity contribution in [2.75, 3.05) is 0 Å². The Hall–Kier alpha value is -0.0600. The second-order valence-corrected chi connectivity index (χ2v) is 4.78. The number of nitrogens with zero attached hydrogens (tertiary/aromatic N) is 1. The Morgan fingerprint density at radius 2 is 2.13 bits per heavy atom. The maximum atomic E-state index is 12.5. The Balaban J connectivity index is 3.17. The van der Waals surface area contributed by atoms with E-state index >= 15 is 0 Å². The summed E-state index contributed by atoms with van der Waals surface area (Å²) in [5, 5.41) is 8.52. The molecule has 0 saturated heterocycles. The van der Waals surface area contributed by atoms with Gasteiger partial charge in [0, 0.05) is 5.56 Å². The zero-order chi connectivity index (χ0) is 11.6. The van der Waals surface area contributed by atoms with Gasteiger partial charge in [-0.1, -0.05) is 0 Å². The zero-order valence-electron chi connectivity index (χ0n) is 7.18. The average Bonchev–Trinajstić information content (AvgIpc) is 2.09. The van der Waals surface area contributed by atoms with Crippen molar-refractivity contribution < 1.29 is 18.7 Å². The van der Waals surface area contributed by atoms with Crippen molar-refractivity contribution in [3.05, 3.63) is 24.6 Å². The van der Waals surface area contributed by atoms with E-state index in [-0.39, 0.29) is 17.7 Å². The molecular weight excluding hydrogens is 434 g/mol. The number of alkyl halides is 2. The third kappa shape index (κ3) is 3.47. The van der Waals surface area contributed by atoms with E-state index in [1.54, 1.807) is 22.6 Å². The molecule has 15 heavy (non-hydrogen) atoms. The van der Waals surface area contributed by atoms with Crippen LogP contribution >= 0.6 is 45.2 Å². The van der Waals surface area contributed by atoms with Crippen LogP contribution in [0, 0.1) is 7.27 Å². The van der Waals surface area contributed by atoms with Crippen LogP contribution in [0.1, 0.15) is 17.7 Å². The predicted octanol–water partition coefficient (Wildman–Crippen LogP) is 2.86. The topological polar surface area (TPSA) is 50.2 Å². The minimum absolute atomic E-state index is 0.155. The van der Waals surface area contributed by atoms with Crippen molar-refractivity contribution in [3.8, 4) is 0 Å². The van der Waals surface area contributed by atoms with Crippen LogP contribution < -0.4 is 0 Å². The van der Waals surface area contributed by atoms with Crippen LogP contribution in [-0.4, -0.2) is 16.1 Å². The number of hydrogen-bond donors (Lipinski definition) is 1. The number of halogens is 4. The number of aliphatic carboxylic acids is 1. The summed E-state index contributed by atoms with van der Waals surface area (Å²) in [5.74, 6) is -1.08. The molecule has 0 aliphatic rings. The number of hydrogen-bond acceptors (Lipinski definition) is 2. The quantitative estimate of drug-likeness (QED) is 0.583. The van der Waals surface area contributed by atoms with Gasteiger partial charge in [-0.2, -0.15) is 0 Å². The Bertz CT molecular complexity index is 398. The molecule has 7 heteroatoms. The van der Waals surface area contributed by atoms with E-state index in [1.807, 2.05) is 22.6 Å². The van der Waals surface area contributed by atoms with Crippen molar-refractivity contribution in [3.63, 3.8) is 0 Å². The monoisotopic (exact) mass is 439 g/mol. The van der Waals surface area contributed by atoms with Gasteiger partial charge >= 0.3 is 5.97 Å². The highest BCUT2D eigenvalue weighted by atomic mass is 127. The van der Waals surface area contributed by atoms with Crippen LogP contribution in [0.15, 0.2) is 6.07 Å². The van der Waals surface area contributed by atoms with E-state index < -0.39 is 12.4 Å². The van der Waals surface area contributed by atoms with Gasteiger partial charge in [0.15, 0.2) is 0 Å². The first-order valence-corrected chi connectivity index (χ1v) is 5.92. The SMILES string of the molecule is O=C(O)Cc1cc(C(F)F)c(I)c(I)n1. The van der Waals surface area contributed by atoms with E-state index in [0.29, 0.717) is 7.27 Å². The van der Waals surface area contributed by atoms with Crippen LogP contribution in [0.2, 0.25) is 0 Å². The minimum atomic E-state index is -2.61. The van der Waals surface area contributed by atoms with E-state index in [2.05, 4.69) is 4.98 Å². The lowest BCUT2D eigenvalue weighted by Gasteiger charge is -2.07. The number of aromatic nitrogens is 1. The molecule has 0 aliphatic carbocycles. The van der Waals surface area contributed by atoms with Gasteiger partial charge in [0.05, 0.1) is 15.7 Å². The molecule has 0 radical (unpaired) electrons. The molecule has 0 fully saturated rings. The lowest BCUT2D eigenvalue weighted by Crippen LogP contribution is -2.06. The van der Waals surface area contributed by atoms with E-state index in [4.69, 9.17) is 5.11 Å². The Labute approximate surface area is 112 Å². The second kappa shape index (κ2) is 5.32. The molecule has 0 saturated carbocycles. The molecule has 0 aromatic carbocycles. The third-order valence-electron chi connectivity index (χ3n) is 1.57. The number of carboxylic acid groups (broad SMARTS) is 1. The molecular formula is C8H5F2I2NO2. The summed E-state index contributed by atoms with van der Waals surface area (Å²) in [6, 6.07) is 1.14. The first-order valence-electron chi connectivity index (χ1n) is 3.76. The maximum Gasteiger partial charge on any atom is 0.309 e. The predicted molar refractivity (Wildman–Crippen MR) is 66.0 cm³/mol. The van der Waals surface area contributed by atoms with Gasteiger partial charge in [-0.15, -0.1) is 0 Å². The molecule has 0 aliphatic heterocycles. The Morgan fingerprint density at radius 3 is 2.60 bits per heavy atom. The second-order valence-electron chi connectivity index (χ2n) is 2.68. The molecule has 1 aromatic heterocycles. The molecule has 1 heterocycles. The average molecular weight is 439 g/mol. The Morgan fingerprint density at radius 1 is 1.53 bits per heavy atom. The molecule has 1 aromatic rings. The number of carboxylic acids is 1. The Kier molecular flexibility index (Phi) is 4.62. The van der Waals surface area contributed by atoms with Gasteiger partial charge in [0.25, 0.3) is 6.43 Å². The van der Waals surface area contributed by atoms with Gasteiger partial charge in [-0.05, 0) is 51.2 Å². The third-order valence-corrected chi connectivity index (χ3v) is 4.51. The molecule has 0 bridgehead atoms. The molecule has 1 rings (SSSR count). The molecule has 0 atom stereocenters. The molecule has 82 valence electrons. The standard InChI is InChI=1S/C8H5F2I2NO2/c9-7(10)4-1-3(2-5(14)15)13-8(12)6(4)11/h1,7H,2H2,(H,14,15). The highest BCUT2D eigenvalue weighted by Gasteiger charge is 2.17. The minimum Gasteiger partial charge on any atom is -0.481 e. The highest BCUT2D eigenvalue weighted by Crippen LogP contribution is 2.27. The summed E-state index contributed by atoms with van der Waals surface area (Å²) in [4.78, 5) is 14.3. The van der Waals surface area contributed by atoms with Crippen molar-refractivity contribution >= 4 is 51.2 Å². The van der Waals surface area contributed by atoms with Crippen LogP contribution in [0.3, 0.4) is 0 Å². The smallest absolute Gasteiger partial charge is 0.309 e. The summed E-state index contributed by atoms with van der Waals surface area (Å²) < 4.78 is 25.9. The first-order chi connectivity index (χ1) is 6.91. The van der Waals surface area contributed by atoms with E-state index in [1.165, 1.54) is 0 Å². The van der Waals surface area contributed by atoms with Crippen molar-refractivity contribution in [2.24, 2.45) is 0 Å². The highest BCUT2D eigenvalue weighted by molar-refractivity contribution is 14.1.